The van der Waals surface area contributed by atoms with Crippen LogP contribution in [0.25, 0.3) is 10.9 Å². The molecule has 2 N–H and O–H groups in total. The number of benzene rings is 2. The smallest absolute Gasteiger partial charge is 0.339 e. The number of rotatable bonds is 5. The van der Waals surface area contributed by atoms with Crippen molar-refractivity contribution in [1.82, 2.24) is 4.98 Å². The summed E-state index contributed by atoms with van der Waals surface area (Å²) in [7, 11) is 0. The van der Waals surface area contributed by atoms with Crippen LogP contribution in [0.2, 0.25) is 0 Å². The molecule has 10 heteroatoms. The highest BCUT2D eigenvalue weighted by atomic mass is 19.1. The highest BCUT2D eigenvalue weighted by molar-refractivity contribution is 6.04. The molecule has 2 aromatic carbocycles. The Kier molecular flexibility index (Phi) is 5.12. The summed E-state index contributed by atoms with van der Waals surface area (Å²) >= 11 is 0. The summed E-state index contributed by atoms with van der Waals surface area (Å²) in [5, 5.41) is 13.4. The topological polar surface area (TPSA) is 131 Å². The Balaban J connectivity index is 1.70. The predicted molar refractivity (Wildman–Crippen MR) is 96.5 cm³/mol. The van der Waals surface area contributed by atoms with E-state index in [0.717, 1.165) is 24.3 Å². The maximum Gasteiger partial charge on any atom is 0.339 e. The van der Waals surface area contributed by atoms with E-state index in [1.807, 2.05) is 0 Å². The first kappa shape index (κ1) is 18.7. The van der Waals surface area contributed by atoms with E-state index in [0.29, 0.717) is 10.9 Å². The van der Waals surface area contributed by atoms with E-state index >= 15 is 0 Å². The fourth-order valence-corrected chi connectivity index (χ4v) is 2.51. The number of aromatic amines is 1. The van der Waals surface area contributed by atoms with E-state index in [1.165, 1.54) is 0 Å². The van der Waals surface area contributed by atoms with Crippen LogP contribution in [0.1, 0.15) is 10.4 Å². The number of pyridine rings is 1. The number of anilines is 1. The zero-order valence-corrected chi connectivity index (χ0v) is 14.1. The van der Waals surface area contributed by atoms with Gasteiger partial charge in [-0.15, -0.1) is 0 Å². The quantitative estimate of drug-likeness (QED) is 0.394. The van der Waals surface area contributed by atoms with Crippen molar-refractivity contribution < 1.29 is 23.6 Å². The normalized spacial score (nSPS) is 10.5. The first-order valence-corrected chi connectivity index (χ1v) is 7.88. The monoisotopic (exact) mass is 385 g/mol. The molecule has 142 valence electrons. The van der Waals surface area contributed by atoms with Crippen LogP contribution in [0.15, 0.2) is 53.3 Å². The lowest BCUT2D eigenvalue weighted by Gasteiger charge is -2.08. The van der Waals surface area contributed by atoms with Crippen LogP contribution in [0.4, 0.5) is 15.8 Å². The maximum atomic E-state index is 13.3. The summed E-state index contributed by atoms with van der Waals surface area (Å²) in [5.41, 5.74) is -0.913. The number of carbonyl (C=O) groups is 2. The molecular formula is C18H12FN3O6. The van der Waals surface area contributed by atoms with Gasteiger partial charge >= 0.3 is 11.7 Å². The summed E-state index contributed by atoms with van der Waals surface area (Å²) in [6, 6.07) is 10.5. The average Bonchev–Trinajstić information content (AvgIpc) is 2.66. The largest absolute Gasteiger partial charge is 0.452 e. The number of nitrogens with one attached hydrogen (secondary N) is 2. The van der Waals surface area contributed by atoms with E-state index in [-0.39, 0.29) is 11.3 Å². The van der Waals surface area contributed by atoms with Gasteiger partial charge in [-0.1, -0.05) is 18.2 Å². The minimum Gasteiger partial charge on any atom is -0.452 e. The Labute approximate surface area is 155 Å². The van der Waals surface area contributed by atoms with Crippen LogP contribution in [0.3, 0.4) is 0 Å². The molecule has 0 saturated heterocycles. The Bertz CT molecular complexity index is 1160. The second kappa shape index (κ2) is 7.66. The van der Waals surface area contributed by atoms with Crippen molar-refractivity contribution >= 4 is 34.2 Å². The van der Waals surface area contributed by atoms with Gasteiger partial charge in [-0.3, -0.25) is 19.7 Å². The van der Waals surface area contributed by atoms with Crippen LogP contribution in [0, 0.1) is 15.9 Å². The zero-order chi connectivity index (χ0) is 20.3. The molecule has 3 aromatic rings. The first-order chi connectivity index (χ1) is 13.3. The lowest BCUT2D eigenvalue weighted by molar-refractivity contribution is -0.387. The molecule has 0 aliphatic heterocycles. The second-order valence-corrected chi connectivity index (χ2v) is 5.64. The summed E-state index contributed by atoms with van der Waals surface area (Å²) < 4.78 is 18.2. The molecule has 3 rings (SSSR count). The zero-order valence-electron chi connectivity index (χ0n) is 14.1. The lowest BCUT2D eigenvalue weighted by Crippen LogP contribution is -2.22. The molecule has 0 fully saturated rings. The van der Waals surface area contributed by atoms with Gasteiger partial charge in [-0.25, -0.2) is 4.79 Å². The summed E-state index contributed by atoms with van der Waals surface area (Å²) in [5.74, 6) is -2.72. The number of hydrogen-bond acceptors (Lipinski definition) is 6. The lowest BCUT2D eigenvalue weighted by atomic mass is 10.1. The number of aromatic nitrogens is 1. The Morgan fingerprint density at radius 1 is 1.18 bits per heavy atom. The van der Waals surface area contributed by atoms with Crippen molar-refractivity contribution in [3.63, 3.8) is 0 Å². The molecule has 28 heavy (non-hydrogen) atoms. The fraction of sp³-hybridized carbons (Fsp3) is 0.0556. The summed E-state index contributed by atoms with van der Waals surface area (Å²) in [6.45, 7) is -0.703. The van der Waals surface area contributed by atoms with E-state index in [4.69, 9.17) is 4.74 Å². The SMILES string of the molecule is O=C(COC(=O)c1cc(=O)[nH]c2ccccc12)Nc1ccc(F)c([N+](=O)[O-])c1. The number of esters is 1. The van der Waals surface area contributed by atoms with E-state index in [1.54, 1.807) is 24.3 Å². The van der Waals surface area contributed by atoms with Crippen LogP contribution >= 0.6 is 0 Å². The minimum atomic E-state index is -1.05. The predicted octanol–water partition coefficient (Wildman–Crippen LogP) is 2.37. The molecule has 0 bridgehead atoms. The van der Waals surface area contributed by atoms with E-state index < -0.39 is 40.5 Å². The number of H-pyrrole nitrogens is 1. The van der Waals surface area contributed by atoms with Crippen molar-refractivity contribution in [2.24, 2.45) is 0 Å². The van der Waals surface area contributed by atoms with Crippen LogP contribution in [-0.2, 0) is 9.53 Å². The fourth-order valence-electron chi connectivity index (χ4n) is 2.51. The van der Waals surface area contributed by atoms with Crippen molar-refractivity contribution in [1.29, 1.82) is 0 Å². The number of nitro benzene ring substituents is 1. The van der Waals surface area contributed by atoms with Gasteiger partial charge in [0.25, 0.3) is 5.91 Å². The molecule has 0 radical (unpaired) electrons. The van der Waals surface area contributed by atoms with Gasteiger partial charge in [0, 0.05) is 28.7 Å². The average molecular weight is 385 g/mol. The number of carbonyl (C=O) groups excluding carboxylic acids is 2. The van der Waals surface area contributed by atoms with Crippen molar-refractivity contribution in [3.05, 3.63) is 80.4 Å². The molecule has 0 spiro atoms. The highest BCUT2D eigenvalue weighted by Crippen LogP contribution is 2.21. The van der Waals surface area contributed by atoms with Crippen molar-refractivity contribution in [2.75, 3.05) is 11.9 Å². The minimum absolute atomic E-state index is 0.00966. The number of para-hydroxylation sites is 1. The summed E-state index contributed by atoms with van der Waals surface area (Å²) in [4.78, 5) is 48.2. The van der Waals surface area contributed by atoms with Crippen molar-refractivity contribution in [3.8, 4) is 0 Å². The van der Waals surface area contributed by atoms with Gasteiger partial charge in [0.15, 0.2) is 6.61 Å². The first-order valence-electron chi connectivity index (χ1n) is 7.88. The Hall–Kier alpha value is -4.08. The van der Waals surface area contributed by atoms with Gasteiger partial charge < -0.3 is 15.0 Å². The molecule has 1 heterocycles. The molecule has 0 aliphatic rings. The molecule has 0 saturated carbocycles. The van der Waals surface area contributed by atoms with Crippen LogP contribution < -0.4 is 10.9 Å². The molecule has 0 unspecified atom stereocenters. The number of nitro groups is 1. The standard InChI is InChI=1S/C18H12FN3O6/c19-13-6-5-10(7-15(13)22(26)27)20-17(24)9-28-18(25)12-8-16(23)21-14-4-2-1-3-11(12)14/h1-8H,9H2,(H,20,24)(H,21,23). The molecule has 0 aliphatic carbocycles. The van der Waals surface area contributed by atoms with Gasteiger partial charge in [0.1, 0.15) is 0 Å². The third-order valence-electron chi connectivity index (χ3n) is 3.73. The summed E-state index contributed by atoms with van der Waals surface area (Å²) in [6.07, 6.45) is 0. The van der Waals surface area contributed by atoms with Crippen molar-refractivity contribution in [2.45, 2.75) is 0 Å². The van der Waals surface area contributed by atoms with E-state index in [9.17, 15) is 28.9 Å². The van der Waals surface area contributed by atoms with Crippen LogP contribution in [0.5, 0.6) is 0 Å². The molecule has 1 amide bonds. The third-order valence-corrected chi connectivity index (χ3v) is 3.73. The molecule has 9 nitrogen and oxygen atoms in total. The number of halogens is 1. The van der Waals surface area contributed by atoms with Gasteiger partial charge in [-0.2, -0.15) is 4.39 Å². The third kappa shape index (κ3) is 4.01. The van der Waals surface area contributed by atoms with Gasteiger partial charge in [0.2, 0.25) is 11.4 Å². The van der Waals surface area contributed by atoms with Crippen LogP contribution in [-0.4, -0.2) is 28.4 Å². The number of nitrogens with zero attached hydrogens (tertiary/aromatic N) is 1. The highest BCUT2D eigenvalue weighted by Gasteiger charge is 2.17. The molecular weight excluding hydrogens is 373 g/mol. The number of ether oxygens (including phenoxy) is 1. The van der Waals surface area contributed by atoms with Gasteiger partial charge in [0.05, 0.1) is 10.5 Å². The van der Waals surface area contributed by atoms with Gasteiger partial charge in [-0.05, 0) is 18.2 Å². The number of fused-ring (bicyclic) bond motifs is 1. The number of hydrogen-bond donors (Lipinski definition) is 2. The molecule has 1 aromatic heterocycles. The number of amides is 1. The maximum absolute atomic E-state index is 13.3. The molecule has 0 atom stereocenters. The Morgan fingerprint density at radius 2 is 1.93 bits per heavy atom. The Morgan fingerprint density at radius 3 is 2.68 bits per heavy atom. The second-order valence-electron chi connectivity index (χ2n) is 5.64. The van der Waals surface area contributed by atoms with E-state index in [2.05, 4.69) is 10.3 Å².